The lowest BCUT2D eigenvalue weighted by molar-refractivity contribution is -0.102. The molecule has 1 heterocycles. The predicted molar refractivity (Wildman–Crippen MR) is 62.2 cm³/mol. The van der Waals surface area contributed by atoms with Crippen molar-refractivity contribution in [3.63, 3.8) is 0 Å². The molecule has 3 heteroatoms. The number of nitrogens with one attached hydrogen (secondary N) is 1. The lowest BCUT2D eigenvalue weighted by Crippen LogP contribution is -2.49. The standard InChI is InChI=1S/C12H16ClNO/c1-9-7-14-8-12(2,15-9)10-3-5-11(13)6-4-10/h3-6,9,14H,7-8H2,1-2H3/t9-,12+/m0/s1. The summed E-state index contributed by atoms with van der Waals surface area (Å²) >= 11 is 5.87. The molecule has 0 radical (unpaired) electrons. The fraction of sp³-hybridized carbons (Fsp3) is 0.500. The van der Waals surface area contributed by atoms with Gasteiger partial charge in [0.05, 0.1) is 6.10 Å². The van der Waals surface area contributed by atoms with Crippen LogP contribution in [0.25, 0.3) is 0 Å². The van der Waals surface area contributed by atoms with Gasteiger partial charge in [0.25, 0.3) is 0 Å². The van der Waals surface area contributed by atoms with Crippen LogP contribution < -0.4 is 5.32 Å². The summed E-state index contributed by atoms with van der Waals surface area (Å²) in [5, 5.41) is 4.14. The van der Waals surface area contributed by atoms with E-state index in [0.717, 1.165) is 18.1 Å². The van der Waals surface area contributed by atoms with Crippen molar-refractivity contribution in [2.45, 2.75) is 25.6 Å². The van der Waals surface area contributed by atoms with E-state index in [1.54, 1.807) is 0 Å². The number of morpholine rings is 1. The van der Waals surface area contributed by atoms with E-state index in [4.69, 9.17) is 16.3 Å². The SMILES string of the molecule is C[C@H]1CNC[C@](C)(c2ccc(Cl)cc2)O1. The summed E-state index contributed by atoms with van der Waals surface area (Å²) in [5.41, 5.74) is 0.938. The highest BCUT2D eigenvalue weighted by molar-refractivity contribution is 6.30. The van der Waals surface area contributed by atoms with Crippen molar-refractivity contribution < 1.29 is 4.74 Å². The summed E-state index contributed by atoms with van der Waals surface area (Å²) in [7, 11) is 0. The third-order valence-corrected chi connectivity index (χ3v) is 3.06. The number of halogens is 1. The van der Waals surface area contributed by atoms with Crippen molar-refractivity contribution in [2.75, 3.05) is 13.1 Å². The van der Waals surface area contributed by atoms with Gasteiger partial charge < -0.3 is 10.1 Å². The van der Waals surface area contributed by atoms with Crippen molar-refractivity contribution in [3.8, 4) is 0 Å². The summed E-state index contributed by atoms with van der Waals surface area (Å²) in [4.78, 5) is 0. The fourth-order valence-electron chi connectivity index (χ4n) is 2.01. The van der Waals surface area contributed by atoms with E-state index in [-0.39, 0.29) is 11.7 Å². The molecule has 0 amide bonds. The van der Waals surface area contributed by atoms with E-state index in [9.17, 15) is 0 Å². The van der Waals surface area contributed by atoms with Crippen LogP contribution in [0.4, 0.5) is 0 Å². The van der Waals surface area contributed by atoms with Crippen LogP contribution in [0.2, 0.25) is 5.02 Å². The molecule has 1 aromatic carbocycles. The molecule has 15 heavy (non-hydrogen) atoms. The molecule has 0 aliphatic carbocycles. The topological polar surface area (TPSA) is 21.3 Å². The van der Waals surface area contributed by atoms with Gasteiger partial charge in [0.15, 0.2) is 0 Å². The zero-order chi connectivity index (χ0) is 10.9. The molecule has 82 valence electrons. The minimum Gasteiger partial charge on any atom is -0.365 e. The highest BCUT2D eigenvalue weighted by atomic mass is 35.5. The number of hydrogen-bond donors (Lipinski definition) is 1. The van der Waals surface area contributed by atoms with Gasteiger partial charge in [-0.05, 0) is 31.5 Å². The highest BCUT2D eigenvalue weighted by Crippen LogP contribution is 2.29. The second-order valence-electron chi connectivity index (χ2n) is 4.30. The Morgan fingerprint density at radius 2 is 2.07 bits per heavy atom. The van der Waals surface area contributed by atoms with E-state index in [2.05, 4.69) is 19.2 Å². The minimum absolute atomic E-state index is 0.234. The van der Waals surface area contributed by atoms with Crippen molar-refractivity contribution in [3.05, 3.63) is 34.9 Å². The van der Waals surface area contributed by atoms with Gasteiger partial charge in [-0.25, -0.2) is 0 Å². The maximum atomic E-state index is 5.99. The first-order valence-electron chi connectivity index (χ1n) is 5.25. The van der Waals surface area contributed by atoms with Gasteiger partial charge in [0.1, 0.15) is 5.60 Å². The first-order valence-corrected chi connectivity index (χ1v) is 5.62. The van der Waals surface area contributed by atoms with Gasteiger partial charge in [-0.2, -0.15) is 0 Å². The summed E-state index contributed by atoms with van der Waals surface area (Å²) in [6.45, 7) is 5.96. The van der Waals surface area contributed by atoms with Crippen molar-refractivity contribution in [1.82, 2.24) is 5.32 Å². The predicted octanol–water partition coefficient (Wildman–Crippen LogP) is 2.56. The highest BCUT2D eigenvalue weighted by Gasteiger charge is 2.32. The van der Waals surface area contributed by atoms with Crippen LogP contribution in [-0.4, -0.2) is 19.2 Å². The van der Waals surface area contributed by atoms with Crippen LogP contribution in [-0.2, 0) is 10.3 Å². The zero-order valence-corrected chi connectivity index (χ0v) is 9.84. The van der Waals surface area contributed by atoms with Crippen LogP contribution >= 0.6 is 11.6 Å². The average Bonchev–Trinajstić information content (AvgIpc) is 2.18. The Hall–Kier alpha value is -0.570. The maximum Gasteiger partial charge on any atom is 0.103 e. The molecule has 0 aromatic heterocycles. The molecule has 1 aliphatic rings. The number of rotatable bonds is 1. The van der Waals surface area contributed by atoms with E-state index >= 15 is 0 Å². The lowest BCUT2D eigenvalue weighted by Gasteiger charge is -2.38. The van der Waals surface area contributed by atoms with E-state index in [0.29, 0.717) is 0 Å². The van der Waals surface area contributed by atoms with Gasteiger partial charge in [0, 0.05) is 18.1 Å². The molecule has 2 rings (SSSR count). The van der Waals surface area contributed by atoms with Gasteiger partial charge in [-0.3, -0.25) is 0 Å². The van der Waals surface area contributed by atoms with Crippen molar-refractivity contribution in [1.29, 1.82) is 0 Å². The molecule has 0 saturated carbocycles. The molecule has 1 aliphatic heterocycles. The van der Waals surface area contributed by atoms with Gasteiger partial charge in [0.2, 0.25) is 0 Å². The third-order valence-electron chi connectivity index (χ3n) is 2.81. The molecule has 2 nitrogen and oxygen atoms in total. The molecule has 2 atom stereocenters. The summed E-state index contributed by atoms with van der Waals surface area (Å²) in [6, 6.07) is 7.87. The van der Waals surface area contributed by atoms with E-state index in [1.165, 1.54) is 5.56 Å². The molecule has 1 fully saturated rings. The summed E-state index contributed by atoms with van der Waals surface area (Å²) in [6.07, 6.45) is 0.249. The molecule has 0 spiro atoms. The quantitative estimate of drug-likeness (QED) is 0.793. The van der Waals surface area contributed by atoms with Gasteiger partial charge in [-0.1, -0.05) is 23.7 Å². The first-order chi connectivity index (χ1) is 7.10. The Bertz CT molecular complexity index is 338. The molecule has 1 aromatic rings. The molecular formula is C12H16ClNO. The van der Waals surface area contributed by atoms with Gasteiger partial charge in [-0.15, -0.1) is 0 Å². The van der Waals surface area contributed by atoms with Crippen LogP contribution in [0.1, 0.15) is 19.4 Å². The van der Waals surface area contributed by atoms with Gasteiger partial charge >= 0.3 is 0 Å². The Kier molecular flexibility index (Phi) is 3.01. The lowest BCUT2D eigenvalue weighted by atomic mass is 9.94. The number of hydrogen-bond acceptors (Lipinski definition) is 2. The number of ether oxygens (including phenoxy) is 1. The van der Waals surface area contributed by atoms with Crippen LogP contribution in [0.3, 0.4) is 0 Å². The maximum absolute atomic E-state index is 5.99. The Morgan fingerprint density at radius 1 is 1.40 bits per heavy atom. The molecule has 1 N–H and O–H groups in total. The molecule has 0 bridgehead atoms. The largest absolute Gasteiger partial charge is 0.365 e. The summed E-state index contributed by atoms with van der Waals surface area (Å²) in [5.74, 6) is 0. The Labute approximate surface area is 95.6 Å². The second-order valence-corrected chi connectivity index (χ2v) is 4.73. The zero-order valence-electron chi connectivity index (χ0n) is 9.09. The van der Waals surface area contributed by atoms with Crippen molar-refractivity contribution >= 4 is 11.6 Å². The van der Waals surface area contributed by atoms with Crippen LogP contribution in [0.5, 0.6) is 0 Å². The Balaban J connectivity index is 2.24. The third kappa shape index (κ3) is 2.33. The summed E-state index contributed by atoms with van der Waals surface area (Å²) < 4.78 is 5.99. The second kappa shape index (κ2) is 4.12. The number of benzene rings is 1. The molecular weight excluding hydrogens is 210 g/mol. The monoisotopic (exact) mass is 225 g/mol. The normalized spacial score (nSPS) is 31.5. The van der Waals surface area contributed by atoms with Crippen LogP contribution in [0, 0.1) is 0 Å². The van der Waals surface area contributed by atoms with Crippen molar-refractivity contribution in [2.24, 2.45) is 0 Å². The van der Waals surface area contributed by atoms with E-state index < -0.39 is 0 Å². The molecule has 0 unspecified atom stereocenters. The molecule has 1 saturated heterocycles. The van der Waals surface area contributed by atoms with E-state index in [1.807, 2.05) is 24.3 Å². The average molecular weight is 226 g/mol. The Morgan fingerprint density at radius 3 is 2.67 bits per heavy atom. The van der Waals surface area contributed by atoms with Crippen LogP contribution in [0.15, 0.2) is 24.3 Å². The first kappa shape index (κ1) is 10.9. The minimum atomic E-state index is -0.234. The smallest absolute Gasteiger partial charge is 0.103 e. The fourth-order valence-corrected chi connectivity index (χ4v) is 2.14.